The highest BCUT2D eigenvalue weighted by molar-refractivity contribution is 6.31. The molecule has 10 heteroatoms. The minimum absolute atomic E-state index is 0.107. The number of methoxy groups -OCH3 is 1. The smallest absolute Gasteiger partial charge is 0.263 e. The molecule has 0 bridgehead atoms. The van der Waals surface area contributed by atoms with E-state index in [0.717, 1.165) is 18.4 Å². The summed E-state index contributed by atoms with van der Waals surface area (Å²) >= 11 is 6.20. The second-order valence-electron chi connectivity index (χ2n) is 8.49. The van der Waals surface area contributed by atoms with Crippen LogP contribution < -0.4 is 15.0 Å². The molecule has 0 unspecified atom stereocenters. The first-order valence-electron chi connectivity index (χ1n) is 11.2. The lowest BCUT2D eigenvalue weighted by Gasteiger charge is -2.33. The Hall–Kier alpha value is -3.72. The van der Waals surface area contributed by atoms with Gasteiger partial charge in [-0.3, -0.25) is 4.79 Å². The van der Waals surface area contributed by atoms with E-state index in [1.807, 2.05) is 11.8 Å². The van der Waals surface area contributed by atoms with E-state index in [1.54, 1.807) is 24.3 Å². The van der Waals surface area contributed by atoms with E-state index in [-0.39, 0.29) is 17.6 Å². The molecule has 2 aromatic carbocycles. The summed E-state index contributed by atoms with van der Waals surface area (Å²) in [4.78, 5) is 24.0. The van der Waals surface area contributed by atoms with Crippen molar-refractivity contribution in [1.29, 1.82) is 0 Å². The maximum atomic E-state index is 13.4. The van der Waals surface area contributed by atoms with E-state index in [4.69, 9.17) is 20.9 Å². The van der Waals surface area contributed by atoms with Crippen molar-refractivity contribution in [3.63, 3.8) is 0 Å². The molecule has 1 aliphatic rings. The molecule has 5 rings (SSSR count). The van der Waals surface area contributed by atoms with Crippen LogP contribution in [0.15, 0.2) is 47.2 Å². The number of halogens is 2. The standard InChI is InChI=1S/C25H23ClFN5O3/c1-14-10-19(20(34-2)11-18(14)26)30-24(33)16-4-3-9-32(12-16)23-21-22(15-5-7-17(27)8-6-15)31-35-25(21)29-13-28-23/h5-8,10-11,13,16H,3-4,9,12H2,1-2H3,(H,30,33)/t16-/m1/s1. The van der Waals surface area contributed by atoms with Crippen molar-refractivity contribution in [2.75, 3.05) is 30.4 Å². The predicted molar refractivity (Wildman–Crippen MR) is 131 cm³/mol. The Labute approximate surface area is 206 Å². The number of ether oxygens (including phenoxy) is 1. The van der Waals surface area contributed by atoms with Crippen LogP contribution in [0.4, 0.5) is 15.9 Å². The van der Waals surface area contributed by atoms with Gasteiger partial charge in [-0.05, 0) is 55.7 Å². The number of hydrogen-bond donors (Lipinski definition) is 1. The lowest BCUT2D eigenvalue weighted by molar-refractivity contribution is -0.120. The number of carbonyl (C=O) groups excluding carboxylic acids is 1. The Morgan fingerprint density at radius 3 is 2.83 bits per heavy atom. The third-order valence-corrected chi connectivity index (χ3v) is 6.61. The molecule has 0 radical (unpaired) electrons. The highest BCUT2D eigenvalue weighted by Gasteiger charge is 2.30. The van der Waals surface area contributed by atoms with Crippen LogP contribution in [0.1, 0.15) is 18.4 Å². The van der Waals surface area contributed by atoms with Crippen LogP contribution >= 0.6 is 11.6 Å². The summed E-state index contributed by atoms with van der Waals surface area (Å²) in [5.41, 5.74) is 2.99. The summed E-state index contributed by atoms with van der Waals surface area (Å²) in [6.07, 6.45) is 2.96. The SMILES string of the molecule is COc1cc(Cl)c(C)cc1NC(=O)[C@@H]1CCCN(c2ncnc3onc(-c4ccc(F)cc4)c23)C1. The topological polar surface area (TPSA) is 93.4 Å². The number of aromatic nitrogens is 3. The number of aryl methyl sites for hydroxylation is 1. The Kier molecular flexibility index (Phi) is 6.25. The van der Waals surface area contributed by atoms with Gasteiger partial charge in [0.25, 0.3) is 5.71 Å². The van der Waals surface area contributed by atoms with Gasteiger partial charge in [0.1, 0.15) is 34.8 Å². The van der Waals surface area contributed by atoms with Crippen LogP contribution in [0.2, 0.25) is 5.02 Å². The quantitative estimate of drug-likeness (QED) is 0.404. The van der Waals surface area contributed by atoms with Gasteiger partial charge in [-0.2, -0.15) is 4.98 Å². The first-order valence-corrected chi connectivity index (χ1v) is 11.6. The number of carbonyl (C=O) groups is 1. The van der Waals surface area contributed by atoms with E-state index in [2.05, 4.69) is 20.4 Å². The van der Waals surface area contributed by atoms with Gasteiger partial charge in [0.05, 0.1) is 18.7 Å². The number of hydrogen-bond acceptors (Lipinski definition) is 7. The maximum Gasteiger partial charge on any atom is 0.263 e. The van der Waals surface area contributed by atoms with Crippen molar-refractivity contribution in [2.24, 2.45) is 5.92 Å². The van der Waals surface area contributed by atoms with Gasteiger partial charge < -0.3 is 19.5 Å². The maximum absolute atomic E-state index is 13.4. The van der Waals surface area contributed by atoms with Crippen molar-refractivity contribution in [1.82, 2.24) is 15.1 Å². The summed E-state index contributed by atoms with van der Waals surface area (Å²) in [6.45, 7) is 3.05. The minimum Gasteiger partial charge on any atom is -0.495 e. The van der Waals surface area contributed by atoms with Gasteiger partial charge >= 0.3 is 0 Å². The monoisotopic (exact) mass is 495 g/mol. The largest absolute Gasteiger partial charge is 0.495 e. The number of piperidine rings is 1. The molecule has 0 aliphatic carbocycles. The van der Waals surface area contributed by atoms with Crippen molar-refractivity contribution in [3.05, 3.63) is 59.1 Å². The second kappa shape index (κ2) is 9.50. The van der Waals surface area contributed by atoms with Crippen LogP contribution in [0, 0.1) is 18.7 Å². The lowest BCUT2D eigenvalue weighted by atomic mass is 9.96. The molecule has 2 aromatic heterocycles. The Balaban J connectivity index is 1.42. The molecule has 1 fully saturated rings. The van der Waals surface area contributed by atoms with Gasteiger partial charge in [0.15, 0.2) is 0 Å². The highest BCUT2D eigenvalue weighted by Crippen LogP contribution is 2.36. The molecule has 180 valence electrons. The Bertz CT molecular complexity index is 1390. The van der Waals surface area contributed by atoms with Crippen LogP contribution in [0.5, 0.6) is 5.75 Å². The van der Waals surface area contributed by atoms with Gasteiger partial charge in [-0.15, -0.1) is 0 Å². The fraction of sp³-hybridized carbons (Fsp3) is 0.280. The highest BCUT2D eigenvalue weighted by atomic mass is 35.5. The van der Waals surface area contributed by atoms with E-state index in [1.165, 1.54) is 25.6 Å². The minimum atomic E-state index is -0.338. The average molecular weight is 496 g/mol. The first-order chi connectivity index (χ1) is 16.9. The van der Waals surface area contributed by atoms with Crippen molar-refractivity contribution in [3.8, 4) is 17.0 Å². The molecule has 1 atom stereocenters. The van der Waals surface area contributed by atoms with E-state index < -0.39 is 0 Å². The average Bonchev–Trinajstić information content (AvgIpc) is 3.31. The molecule has 1 N–H and O–H groups in total. The van der Waals surface area contributed by atoms with Crippen molar-refractivity contribution in [2.45, 2.75) is 19.8 Å². The number of fused-ring (bicyclic) bond motifs is 1. The van der Waals surface area contributed by atoms with Crippen molar-refractivity contribution < 1.29 is 18.4 Å². The number of nitrogens with zero attached hydrogens (tertiary/aromatic N) is 4. The normalized spacial score (nSPS) is 15.9. The molecule has 0 spiro atoms. The van der Waals surface area contributed by atoms with Gasteiger partial charge in [0, 0.05) is 29.7 Å². The van der Waals surface area contributed by atoms with E-state index in [9.17, 15) is 9.18 Å². The first kappa shape index (κ1) is 23.0. The van der Waals surface area contributed by atoms with Gasteiger partial charge in [-0.1, -0.05) is 16.8 Å². The molecule has 1 saturated heterocycles. The zero-order chi connectivity index (χ0) is 24.5. The molecule has 8 nitrogen and oxygen atoms in total. The molecule has 1 amide bonds. The number of benzene rings is 2. The van der Waals surface area contributed by atoms with Crippen LogP contribution in [-0.2, 0) is 4.79 Å². The third-order valence-electron chi connectivity index (χ3n) is 6.20. The van der Waals surface area contributed by atoms with Crippen LogP contribution in [-0.4, -0.2) is 41.2 Å². The molecule has 4 aromatic rings. The zero-order valence-corrected chi connectivity index (χ0v) is 20.0. The van der Waals surface area contributed by atoms with Gasteiger partial charge in [0.2, 0.25) is 5.91 Å². The lowest BCUT2D eigenvalue weighted by Crippen LogP contribution is -2.41. The molecule has 3 heterocycles. The Morgan fingerprint density at radius 2 is 2.06 bits per heavy atom. The fourth-order valence-corrected chi connectivity index (χ4v) is 4.52. The predicted octanol–water partition coefficient (Wildman–Crippen LogP) is 5.25. The summed E-state index contributed by atoms with van der Waals surface area (Å²) in [7, 11) is 1.54. The van der Waals surface area contributed by atoms with Crippen LogP contribution in [0.3, 0.4) is 0 Å². The third kappa shape index (κ3) is 4.51. The molecule has 35 heavy (non-hydrogen) atoms. The summed E-state index contributed by atoms with van der Waals surface area (Å²) in [5.74, 6) is 0.420. The van der Waals surface area contributed by atoms with E-state index >= 15 is 0 Å². The van der Waals surface area contributed by atoms with Gasteiger partial charge in [-0.25, -0.2) is 9.37 Å². The molecular formula is C25H23ClFN5O3. The number of nitrogens with one attached hydrogen (secondary N) is 1. The number of rotatable bonds is 5. The van der Waals surface area contributed by atoms with Crippen LogP contribution in [0.25, 0.3) is 22.4 Å². The molecular weight excluding hydrogens is 473 g/mol. The second-order valence-corrected chi connectivity index (χ2v) is 8.90. The summed E-state index contributed by atoms with van der Waals surface area (Å²) in [5, 5.41) is 8.37. The number of amides is 1. The number of anilines is 2. The summed E-state index contributed by atoms with van der Waals surface area (Å²) in [6, 6.07) is 9.51. The Morgan fingerprint density at radius 1 is 1.26 bits per heavy atom. The van der Waals surface area contributed by atoms with Crippen molar-refractivity contribution >= 4 is 40.1 Å². The summed E-state index contributed by atoms with van der Waals surface area (Å²) < 4.78 is 24.3. The molecule has 1 aliphatic heterocycles. The van der Waals surface area contributed by atoms with E-state index in [0.29, 0.717) is 57.7 Å². The molecule has 0 saturated carbocycles. The fourth-order valence-electron chi connectivity index (χ4n) is 4.36. The zero-order valence-electron chi connectivity index (χ0n) is 19.2.